The van der Waals surface area contributed by atoms with Crippen molar-refractivity contribution in [2.45, 2.75) is 36.6 Å². The number of para-hydroxylation sites is 1. The van der Waals surface area contributed by atoms with E-state index in [9.17, 15) is 26.4 Å². The van der Waals surface area contributed by atoms with Gasteiger partial charge in [0.2, 0.25) is 0 Å². The number of thioether (sulfide) groups is 1. The molecule has 0 fully saturated rings. The highest BCUT2D eigenvalue weighted by Crippen LogP contribution is 2.36. The van der Waals surface area contributed by atoms with Crippen LogP contribution in [0.1, 0.15) is 36.5 Å². The molecular weight excluding hydrogens is 381 g/mol. The lowest BCUT2D eigenvalue weighted by Crippen LogP contribution is -2.28. The quantitative estimate of drug-likeness (QED) is 0.184. The van der Waals surface area contributed by atoms with E-state index in [-0.39, 0.29) is 16.7 Å². The Labute approximate surface area is 149 Å². The van der Waals surface area contributed by atoms with E-state index in [1.807, 2.05) is 6.92 Å². The monoisotopic (exact) mass is 400 g/mol. The lowest BCUT2D eigenvalue weighted by Gasteiger charge is -2.14. The first-order chi connectivity index (χ1) is 11.7. The number of hydrogen-bond acceptors (Lipinski definition) is 6. The minimum atomic E-state index is -5.85. The summed E-state index contributed by atoms with van der Waals surface area (Å²) in [6.07, 6.45) is 2.83. The van der Waals surface area contributed by atoms with Gasteiger partial charge < -0.3 is 8.92 Å². The summed E-state index contributed by atoms with van der Waals surface area (Å²) >= 11 is 1.10. The maximum Gasteiger partial charge on any atom is 0.534 e. The van der Waals surface area contributed by atoms with Crippen molar-refractivity contribution in [1.29, 1.82) is 0 Å². The van der Waals surface area contributed by atoms with Gasteiger partial charge in [-0.05, 0) is 25.0 Å². The molecule has 1 aromatic rings. The van der Waals surface area contributed by atoms with E-state index < -0.39 is 21.4 Å². The molecule has 0 unspecified atom stereocenters. The van der Waals surface area contributed by atoms with Crippen molar-refractivity contribution in [3.05, 3.63) is 23.8 Å². The van der Waals surface area contributed by atoms with Crippen molar-refractivity contribution in [3.63, 3.8) is 0 Å². The summed E-state index contributed by atoms with van der Waals surface area (Å²) in [5.74, 6) is -0.136. The molecule has 0 spiro atoms. The van der Waals surface area contributed by atoms with Gasteiger partial charge in [0.1, 0.15) is 0 Å². The number of ether oxygens (including phenoxy) is 1. The molecule has 25 heavy (non-hydrogen) atoms. The van der Waals surface area contributed by atoms with E-state index in [0.29, 0.717) is 25.4 Å². The van der Waals surface area contributed by atoms with Crippen LogP contribution in [0.2, 0.25) is 0 Å². The number of rotatable bonds is 11. The highest BCUT2D eigenvalue weighted by atomic mass is 32.2. The van der Waals surface area contributed by atoms with E-state index in [1.54, 1.807) is 0 Å². The first kappa shape index (κ1) is 21.8. The highest BCUT2D eigenvalue weighted by Gasteiger charge is 2.49. The fourth-order valence-corrected chi connectivity index (χ4v) is 3.18. The van der Waals surface area contributed by atoms with Crippen LogP contribution in [0.15, 0.2) is 23.1 Å². The van der Waals surface area contributed by atoms with Gasteiger partial charge >= 0.3 is 15.6 Å². The Balaban J connectivity index is 2.79. The third kappa shape index (κ3) is 6.87. The van der Waals surface area contributed by atoms with E-state index in [4.69, 9.17) is 4.74 Å². The van der Waals surface area contributed by atoms with Gasteiger partial charge in [-0.2, -0.15) is 21.6 Å². The van der Waals surface area contributed by atoms with Crippen molar-refractivity contribution >= 4 is 28.2 Å². The van der Waals surface area contributed by atoms with Crippen LogP contribution in [-0.2, 0) is 14.9 Å². The Bertz CT molecular complexity index is 660. The molecule has 10 heteroatoms. The summed E-state index contributed by atoms with van der Waals surface area (Å²) in [5, 5.41) is 0. The molecule has 0 aliphatic rings. The number of alkyl halides is 3. The van der Waals surface area contributed by atoms with Crippen LogP contribution in [0.3, 0.4) is 0 Å². The molecule has 0 saturated carbocycles. The number of hydrogen-bond donors (Lipinski definition) is 0. The molecule has 142 valence electrons. The summed E-state index contributed by atoms with van der Waals surface area (Å²) in [7, 11) is -5.85. The SMILES string of the molecule is CCCCOCCCSc1cccc(C=O)c1OS(=O)(=O)C(F)(F)F. The topological polar surface area (TPSA) is 69.7 Å². The second-order valence-electron chi connectivity index (χ2n) is 4.94. The van der Waals surface area contributed by atoms with Crippen LogP contribution in [-0.4, -0.2) is 39.2 Å². The van der Waals surface area contributed by atoms with Gasteiger partial charge in [0.15, 0.2) is 12.0 Å². The Morgan fingerprint density at radius 1 is 1.20 bits per heavy atom. The van der Waals surface area contributed by atoms with Crippen molar-refractivity contribution in [2.24, 2.45) is 0 Å². The molecule has 0 heterocycles. The highest BCUT2D eigenvalue weighted by molar-refractivity contribution is 7.99. The van der Waals surface area contributed by atoms with Crippen LogP contribution < -0.4 is 4.18 Å². The first-order valence-electron chi connectivity index (χ1n) is 7.52. The van der Waals surface area contributed by atoms with E-state index in [0.717, 1.165) is 24.6 Å². The molecule has 0 aromatic heterocycles. The predicted octanol–water partition coefficient (Wildman–Crippen LogP) is 4.03. The van der Waals surface area contributed by atoms with Crippen molar-refractivity contribution in [2.75, 3.05) is 19.0 Å². The molecule has 0 N–H and O–H groups in total. The Morgan fingerprint density at radius 2 is 1.88 bits per heavy atom. The van der Waals surface area contributed by atoms with Crippen molar-refractivity contribution in [3.8, 4) is 5.75 Å². The lowest BCUT2D eigenvalue weighted by molar-refractivity contribution is -0.0501. The number of aldehydes is 1. The zero-order chi connectivity index (χ0) is 18.9. The van der Waals surface area contributed by atoms with E-state index in [2.05, 4.69) is 4.18 Å². The summed E-state index contributed by atoms with van der Waals surface area (Å²) < 4.78 is 69.6. The molecule has 0 aliphatic carbocycles. The molecule has 5 nitrogen and oxygen atoms in total. The second kappa shape index (κ2) is 10.0. The standard InChI is InChI=1S/C15H19F3O5S2/c1-2-3-8-22-9-5-10-24-13-7-4-6-12(11-19)14(13)23-25(20,21)15(16,17)18/h4,6-7,11H,2-3,5,8-10H2,1H3. The van der Waals surface area contributed by atoms with Crippen LogP contribution in [0.4, 0.5) is 13.2 Å². The molecule has 0 amide bonds. The smallest absolute Gasteiger partial charge is 0.381 e. The Kier molecular flexibility index (Phi) is 8.74. The molecule has 1 aromatic carbocycles. The average molecular weight is 400 g/mol. The van der Waals surface area contributed by atoms with Crippen molar-refractivity contribution < 1.29 is 35.3 Å². The summed E-state index contributed by atoms with van der Waals surface area (Å²) in [6.45, 7) is 3.16. The number of unbranched alkanes of at least 4 members (excludes halogenated alkanes) is 1. The maximum absolute atomic E-state index is 12.5. The van der Waals surface area contributed by atoms with Gasteiger partial charge in [-0.15, -0.1) is 11.8 Å². The fraction of sp³-hybridized carbons (Fsp3) is 0.533. The van der Waals surface area contributed by atoms with Gasteiger partial charge in [0, 0.05) is 19.0 Å². The first-order valence-corrected chi connectivity index (χ1v) is 9.91. The van der Waals surface area contributed by atoms with Gasteiger partial charge in [0.25, 0.3) is 0 Å². The third-order valence-corrected chi connectivity index (χ3v) is 5.02. The minimum absolute atomic E-state index is 0.144. The van der Waals surface area contributed by atoms with Crippen molar-refractivity contribution in [1.82, 2.24) is 0 Å². The number of benzene rings is 1. The fourth-order valence-electron chi connectivity index (χ4n) is 1.68. The number of carbonyl (C=O) groups is 1. The zero-order valence-corrected chi connectivity index (χ0v) is 15.2. The van der Waals surface area contributed by atoms with Gasteiger partial charge in [-0.25, -0.2) is 0 Å². The van der Waals surface area contributed by atoms with Crippen LogP contribution >= 0.6 is 11.8 Å². The summed E-state index contributed by atoms with van der Waals surface area (Å²) in [4.78, 5) is 11.2. The molecule has 0 saturated heterocycles. The molecule has 0 aliphatic heterocycles. The normalized spacial score (nSPS) is 12.2. The minimum Gasteiger partial charge on any atom is -0.381 e. The third-order valence-electron chi connectivity index (χ3n) is 2.95. The molecule has 0 bridgehead atoms. The average Bonchev–Trinajstić information content (AvgIpc) is 2.53. The predicted molar refractivity (Wildman–Crippen MR) is 88.5 cm³/mol. The molecule has 0 atom stereocenters. The molecule has 1 rings (SSSR count). The zero-order valence-electron chi connectivity index (χ0n) is 13.5. The molecule has 0 radical (unpaired) electrons. The van der Waals surface area contributed by atoms with E-state index >= 15 is 0 Å². The van der Waals surface area contributed by atoms with Crippen LogP contribution in [0.5, 0.6) is 5.75 Å². The summed E-state index contributed by atoms with van der Waals surface area (Å²) in [6, 6.07) is 4.03. The number of halogens is 3. The Hall–Kier alpha value is -1.26. The molecular formula is C15H19F3O5S2. The van der Waals surface area contributed by atoms with Gasteiger partial charge in [-0.1, -0.05) is 19.4 Å². The lowest BCUT2D eigenvalue weighted by atomic mass is 10.2. The van der Waals surface area contributed by atoms with Crippen LogP contribution in [0, 0.1) is 0 Å². The van der Waals surface area contributed by atoms with Gasteiger partial charge in [0.05, 0.1) is 10.5 Å². The number of carbonyl (C=O) groups excluding carboxylic acids is 1. The largest absolute Gasteiger partial charge is 0.534 e. The second-order valence-corrected chi connectivity index (χ2v) is 7.62. The van der Waals surface area contributed by atoms with E-state index in [1.165, 1.54) is 18.2 Å². The summed E-state index contributed by atoms with van der Waals surface area (Å²) in [5.41, 5.74) is -5.84. The van der Waals surface area contributed by atoms with Gasteiger partial charge in [-0.3, -0.25) is 4.79 Å². The van der Waals surface area contributed by atoms with Crippen LogP contribution in [0.25, 0.3) is 0 Å². The Morgan fingerprint density at radius 3 is 2.48 bits per heavy atom. The maximum atomic E-state index is 12.5.